The van der Waals surface area contributed by atoms with Gasteiger partial charge in [-0.3, -0.25) is 9.69 Å². The lowest BCUT2D eigenvalue weighted by Crippen LogP contribution is -2.62. The number of amides is 1. The number of aromatic nitrogens is 3. The Morgan fingerprint density at radius 1 is 1.16 bits per heavy atom. The van der Waals surface area contributed by atoms with Crippen LogP contribution in [0.3, 0.4) is 0 Å². The molecule has 1 aromatic heterocycles. The van der Waals surface area contributed by atoms with E-state index in [1.54, 1.807) is 12.0 Å². The number of halogens is 1. The van der Waals surface area contributed by atoms with Gasteiger partial charge in [0, 0.05) is 63.9 Å². The molecule has 0 N–H and O–H groups in total. The van der Waals surface area contributed by atoms with Crippen LogP contribution in [0.2, 0.25) is 0 Å². The molecular formula is C33H52FN7O3. The molecule has 10 nitrogen and oxygen atoms in total. The second-order valence-corrected chi connectivity index (χ2v) is 13.4. The zero-order chi connectivity index (χ0) is 32.0. The molecule has 1 amide bonds. The van der Waals surface area contributed by atoms with Crippen LogP contribution < -0.4 is 9.64 Å². The van der Waals surface area contributed by atoms with Gasteiger partial charge in [-0.1, -0.05) is 13.8 Å². The highest BCUT2D eigenvalue weighted by molar-refractivity contribution is 5.97. The molecule has 44 heavy (non-hydrogen) atoms. The van der Waals surface area contributed by atoms with Crippen molar-refractivity contribution < 1.29 is 18.7 Å². The number of anilines is 1. The van der Waals surface area contributed by atoms with Crippen LogP contribution in [0.5, 0.6) is 11.6 Å². The van der Waals surface area contributed by atoms with E-state index in [0.29, 0.717) is 24.3 Å². The molecule has 2 saturated heterocycles. The minimum absolute atomic E-state index is 0.0402. The van der Waals surface area contributed by atoms with Gasteiger partial charge in [-0.05, 0) is 84.7 Å². The molecule has 4 rings (SSSR count). The number of carbonyl (C=O) groups is 1. The van der Waals surface area contributed by atoms with Crippen LogP contribution in [0.25, 0.3) is 0 Å². The third-order valence-corrected chi connectivity index (χ3v) is 9.24. The molecule has 2 aromatic rings. The summed E-state index contributed by atoms with van der Waals surface area (Å²) >= 11 is 0. The van der Waals surface area contributed by atoms with Gasteiger partial charge in [0.25, 0.3) is 11.8 Å². The summed E-state index contributed by atoms with van der Waals surface area (Å²) in [6.07, 6.45) is 5.08. The van der Waals surface area contributed by atoms with Gasteiger partial charge in [0.2, 0.25) is 0 Å². The van der Waals surface area contributed by atoms with E-state index in [-0.39, 0.29) is 40.7 Å². The maximum atomic E-state index is 14.3. The van der Waals surface area contributed by atoms with Gasteiger partial charge in [-0.15, -0.1) is 10.2 Å². The highest BCUT2D eigenvalue weighted by Gasteiger charge is 2.50. The fourth-order valence-corrected chi connectivity index (χ4v) is 6.84. The zero-order valence-corrected chi connectivity index (χ0v) is 27.9. The number of hydrogen-bond donors (Lipinski definition) is 0. The number of methoxy groups -OCH3 is 1. The largest absolute Gasteiger partial charge is 0.434 e. The summed E-state index contributed by atoms with van der Waals surface area (Å²) < 4.78 is 25.9. The SMILES string of the molecule is CCN(C(=O)c1cc(F)ccc1Oc1nncnc1N1CCC2(C1)CN([C@@H](CCCN(C)CC(C)OC)C(C)C)C2)C(C)C. The molecule has 0 radical (unpaired) electrons. The van der Waals surface area contributed by atoms with Gasteiger partial charge in [0.05, 0.1) is 11.7 Å². The third kappa shape index (κ3) is 8.03. The van der Waals surface area contributed by atoms with Crippen molar-refractivity contribution in [2.75, 3.05) is 64.9 Å². The standard InChI is InChI=1S/C33H52FN7O3/c1-9-41(24(4)5)32(42)27-17-26(34)12-13-29(27)44-31-30(35-22-36-37-31)39-16-14-33(19-39)20-40(21-33)28(23(2)3)11-10-15-38(7)18-25(6)43-8/h12-13,17,22-25,28H,9-11,14-16,18-21H2,1-8H3/t25?,28-/m0/s1. The van der Waals surface area contributed by atoms with Crippen molar-refractivity contribution in [3.05, 3.63) is 35.9 Å². The third-order valence-electron chi connectivity index (χ3n) is 9.24. The Kier molecular flexibility index (Phi) is 11.5. The molecule has 1 aromatic carbocycles. The first-order valence-corrected chi connectivity index (χ1v) is 16.1. The van der Waals surface area contributed by atoms with E-state index in [9.17, 15) is 9.18 Å². The van der Waals surface area contributed by atoms with Crippen LogP contribution in [-0.2, 0) is 4.74 Å². The van der Waals surface area contributed by atoms with Gasteiger partial charge in [0.15, 0.2) is 5.82 Å². The molecule has 2 aliphatic heterocycles. The van der Waals surface area contributed by atoms with Crippen molar-refractivity contribution >= 4 is 11.7 Å². The van der Waals surface area contributed by atoms with Gasteiger partial charge in [-0.2, -0.15) is 0 Å². The second kappa shape index (κ2) is 14.9. The lowest BCUT2D eigenvalue weighted by Gasteiger charge is -2.53. The molecule has 1 spiro atoms. The summed E-state index contributed by atoms with van der Waals surface area (Å²) in [5.41, 5.74) is 0.361. The van der Waals surface area contributed by atoms with Crippen LogP contribution in [0, 0.1) is 17.2 Å². The average Bonchev–Trinajstić information content (AvgIpc) is 3.41. The number of hydrogen-bond acceptors (Lipinski definition) is 9. The van der Waals surface area contributed by atoms with E-state index >= 15 is 0 Å². The van der Waals surface area contributed by atoms with Gasteiger partial charge >= 0.3 is 0 Å². The van der Waals surface area contributed by atoms with E-state index in [1.165, 1.54) is 37.4 Å². The lowest BCUT2D eigenvalue weighted by molar-refractivity contribution is -0.0346. The van der Waals surface area contributed by atoms with Crippen LogP contribution in [0.1, 0.15) is 71.2 Å². The normalized spacial score (nSPS) is 17.9. The summed E-state index contributed by atoms with van der Waals surface area (Å²) in [7, 11) is 3.94. The first-order valence-electron chi connectivity index (χ1n) is 16.1. The quantitative estimate of drug-likeness (QED) is 0.277. The minimum Gasteiger partial charge on any atom is -0.434 e. The van der Waals surface area contributed by atoms with E-state index in [4.69, 9.17) is 9.47 Å². The Morgan fingerprint density at radius 3 is 2.57 bits per heavy atom. The molecule has 0 saturated carbocycles. The summed E-state index contributed by atoms with van der Waals surface area (Å²) in [5, 5.41) is 8.22. The van der Waals surface area contributed by atoms with Gasteiger partial charge in [0.1, 0.15) is 17.9 Å². The number of rotatable bonds is 15. The molecule has 0 aliphatic carbocycles. The Bertz CT molecular complexity index is 1240. The molecule has 244 valence electrons. The van der Waals surface area contributed by atoms with E-state index in [1.807, 2.05) is 20.8 Å². The first kappa shape index (κ1) is 34.0. The molecule has 2 atom stereocenters. The molecule has 2 aliphatic rings. The Balaban J connectivity index is 1.41. The average molecular weight is 614 g/mol. The molecule has 1 unspecified atom stereocenters. The summed E-state index contributed by atoms with van der Waals surface area (Å²) in [5.74, 6) is 0.863. The summed E-state index contributed by atoms with van der Waals surface area (Å²) in [6, 6.07) is 4.51. The maximum Gasteiger partial charge on any atom is 0.282 e. The van der Waals surface area contributed by atoms with Crippen molar-refractivity contribution in [3.8, 4) is 11.6 Å². The number of benzene rings is 1. The lowest BCUT2D eigenvalue weighted by atomic mass is 9.76. The van der Waals surface area contributed by atoms with Crippen LogP contribution >= 0.6 is 0 Å². The van der Waals surface area contributed by atoms with Crippen molar-refractivity contribution in [1.29, 1.82) is 0 Å². The Morgan fingerprint density at radius 2 is 1.91 bits per heavy atom. The fourth-order valence-electron chi connectivity index (χ4n) is 6.84. The zero-order valence-electron chi connectivity index (χ0n) is 27.9. The highest BCUT2D eigenvalue weighted by Crippen LogP contribution is 2.44. The van der Waals surface area contributed by atoms with Crippen LogP contribution in [0.4, 0.5) is 10.2 Å². The van der Waals surface area contributed by atoms with E-state index < -0.39 is 5.82 Å². The number of nitrogens with zero attached hydrogens (tertiary/aromatic N) is 7. The number of likely N-dealkylation sites (tertiary alicyclic amines) is 1. The van der Waals surface area contributed by atoms with Crippen LogP contribution in [0.15, 0.2) is 24.5 Å². The molecule has 11 heteroatoms. The van der Waals surface area contributed by atoms with Crippen molar-refractivity contribution in [3.63, 3.8) is 0 Å². The summed E-state index contributed by atoms with van der Waals surface area (Å²) in [6.45, 7) is 18.9. The maximum absolute atomic E-state index is 14.3. The number of carbonyl (C=O) groups excluding carboxylic acids is 1. The predicted molar refractivity (Wildman–Crippen MR) is 171 cm³/mol. The minimum atomic E-state index is -0.499. The van der Waals surface area contributed by atoms with E-state index in [0.717, 1.165) is 45.7 Å². The van der Waals surface area contributed by atoms with E-state index in [2.05, 4.69) is 57.7 Å². The summed E-state index contributed by atoms with van der Waals surface area (Å²) in [4.78, 5) is 26.8. The fraction of sp³-hybridized carbons (Fsp3) is 0.697. The molecule has 2 fully saturated rings. The molecule has 0 bridgehead atoms. The highest BCUT2D eigenvalue weighted by atomic mass is 19.1. The molecule has 3 heterocycles. The topological polar surface area (TPSA) is 87.2 Å². The second-order valence-electron chi connectivity index (χ2n) is 13.4. The van der Waals surface area contributed by atoms with Crippen molar-refractivity contribution in [2.24, 2.45) is 11.3 Å². The Hall–Kier alpha value is -2.89. The van der Waals surface area contributed by atoms with Crippen LogP contribution in [-0.4, -0.2) is 114 Å². The van der Waals surface area contributed by atoms with Crippen molar-refractivity contribution in [1.82, 2.24) is 29.9 Å². The molecular weight excluding hydrogens is 561 g/mol. The monoisotopic (exact) mass is 613 g/mol. The van der Waals surface area contributed by atoms with Gasteiger partial charge in [-0.25, -0.2) is 9.37 Å². The number of likely N-dealkylation sites (N-methyl/N-ethyl adjacent to an activating group) is 1. The predicted octanol–water partition coefficient (Wildman–Crippen LogP) is 4.96. The van der Waals surface area contributed by atoms with Gasteiger partial charge < -0.3 is 24.2 Å². The van der Waals surface area contributed by atoms with Crippen molar-refractivity contribution in [2.45, 2.75) is 79.0 Å². The Labute approximate surface area is 262 Å². The number of ether oxygens (including phenoxy) is 2. The smallest absolute Gasteiger partial charge is 0.282 e. The first-order chi connectivity index (χ1) is 21.0.